The molecule has 0 N–H and O–H groups in total. The van der Waals surface area contributed by atoms with E-state index in [4.69, 9.17) is 6.42 Å². The molecule has 1 aromatic rings. The lowest BCUT2D eigenvalue weighted by atomic mass is 10.1. The maximum absolute atomic E-state index is 11.1. The molecule has 3 nitrogen and oxygen atoms in total. The van der Waals surface area contributed by atoms with Gasteiger partial charge in [0.05, 0.1) is 7.11 Å². The molecule has 3 heteroatoms. The van der Waals surface area contributed by atoms with E-state index in [1.165, 1.54) is 13.3 Å². The SMILES string of the molecule is C#Cc1cnc(C(=O)OC)c(C)c1. The zero-order valence-corrected chi connectivity index (χ0v) is 7.50. The van der Waals surface area contributed by atoms with Crippen LogP contribution in [-0.2, 0) is 4.74 Å². The first kappa shape index (κ1) is 9.27. The van der Waals surface area contributed by atoms with Gasteiger partial charge in [0.25, 0.3) is 0 Å². The maximum Gasteiger partial charge on any atom is 0.356 e. The standard InChI is InChI=1S/C10H9NO2/c1-4-8-5-7(2)9(11-6-8)10(12)13-3/h1,5-6H,2-3H3. The van der Waals surface area contributed by atoms with Crippen LogP contribution in [-0.4, -0.2) is 18.1 Å². The number of rotatable bonds is 1. The second-order valence-corrected chi connectivity index (χ2v) is 2.53. The number of esters is 1. The first-order valence-electron chi connectivity index (χ1n) is 3.70. The van der Waals surface area contributed by atoms with Crippen LogP contribution in [0.4, 0.5) is 0 Å². The first-order valence-corrected chi connectivity index (χ1v) is 3.70. The van der Waals surface area contributed by atoms with Crippen molar-refractivity contribution >= 4 is 5.97 Å². The molecule has 0 unspecified atom stereocenters. The zero-order chi connectivity index (χ0) is 9.84. The summed E-state index contributed by atoms with van der Waals surface area (Å²) >= 11 is 0. The van der Waals surface area contributed by atoms with Crippen LogP contribution >= 0.6 is 0 Å². The van der Waals surface area contributed by atoms with Crippen molar-refractivity contribution < 1.29 is 9.53 Å². The molecule has 0 spiro atoms. The van der Waals surface area contributed by atoms with Crippen molar-refractivity contribution in [2.75, 3.05) is 7.11 Å². The number of hydrogen-bond donors (Lipinski definition) is 0. The average Bonchev–Trinajstić information content (AvgIpc) is 2.16. The molecule has 1 aromatic heterocycles. The van der Waals surface area contributed by atoms with E-state index >= 15 is 0 Å². The van der Waals surface area contributed by atoms with Gasteiger partial charge in [0.2, 0.25) is 0 Å². The summed E-state index contributed by atoms with van der Waals surface area (Å²) < 4.78 is 4.54. The highest BCUT2D eigenvalue weighted by molar-refractivity contribution is 5.88. The number of terminal acetylenes is 1. The Kier molecular flexibility index (Phi) is 2.65. The van der Waals surface area contributed by atoms with E-state index in [-0.39, 0.29) is 0 Å². The topological polar surface area (TPSA) is 39.2 Å². The van der Waals surface area contributed by atoms with Crippen molar-refractivity contribution in [3.8, 4) is 12.3 Å². The third kappa shape index (κ3) is 1.85. The molecular weight excluding hydrogens is 166 g/mol. The molecular formula is C10H9NO2. The molecule has 0 bridgehead atoms. The molecule has 13 heavy (non-hydrogen) atoms. The molecule has 0 saturated heterocycles. The normalized spacial score (nSPS) is 9.00. The van der Waals surface area contributed by atoms with Gasteiger partial charge in [0.15, 0.2) is 5.69 Å². The monoisotopic (exact) mass is 175 g/mol. The number of nitrogens with zero attached hydrogens (tertiary/aromatic N) is 1. The van der Waals surface area contributed by atoms with E-state index in [9.17, 15) is 4.79 Å². The van der Waals surface area contributed by atoms with Crippen molar-refractivity contribution in [1.82, 2.24) is 4.98 Å². The van der Waals surface area contributed by atoms with Crippen LogP contribution in [0.5, 0.6) is 0 Å². The minimum atomic E-state index is -0.443. The number of hydrogen-bond acceptors (Lipinski definition) is 3. The Bertz CT molecular complexity index is 377. The molecule has 1 rings (SSSR count). The van der Waals surface area contributed by atoms with Gasteiger partial charge in [-0.3, -0.25) is 0 Å². The number of ether oxygens (including phenoxy) is 1. The fourth-order valence-electron chi connectivity index (χ4n) is 0.964. The Morgan fingerprint density at radius 2 is 2.38 bits per heavy atom. The highest BCUT2D eigenvalue weighted by Crippen LogP contribution is 2.07. The van der Waals surface area contributed by atoms with Crippen LogP contribution in [0, 0.1) is 19.3 Å². The minimum Gasteiger partial charge on any atom is -0.464 e. The number of carbonyl (C=O) groups is 1. The lowest BCUT2D eigenvalue weighted by Gasteiger charge is -2.01. The molecule has 0 atom stereocenters. The average molecular weight is 175 g/mol. The van der Waals surface area contributed by atoms with Crippen LogP contribution in [0.25, 0.3) is 0 Å². The molecule has 66 valence electrons. The van der Waals surface area contributed by atoms with Crippen molar-refractivity contribution in [2.24, 2.45) is 0 Å². The van der Waals surface area contributed by atoms with Gasteiger partial charge in [-0.1, -0.05) is 5.92 Å². The van der Waals surface area contributed by atoms with Gasteiger partial charge in [-0.15, -0.1) is 6.42 Å². The van der Waals surface area contributed by atoms with Gasteiger partial charge in [-0.25, -0.2) is 9.78 Å². The van der Waals surface area contributed by atoms with Gasteiger partial charge in [-0.05, 0) is 18.6 Å². The molecule has 0 fully saturated rings. The fourth-order valence-corrected chi connectivity index (χ4v) is 0.964. The highest BCUT2D eigenvalue weighted by Gasteiger charge is 2.10. The molecule has 0 aliphatic rings. The molecule has 0 aliphatic heterocycles. The number of methoxy groups -OCH3 is 1. The van der Waals surface area contributed by atoms with Crippen LogP contribution in [0.1, 0.15) is 21.6 Å². The number of pyridine rings is 1. The molecule has 1 heterocycles. The van der Waals surface area contributed by atoms with Gasteiger partial charge in [0.1, 0.15) is 0 Å². The Balaban J connectivity index is 3.14. The number of aryl methyl sites for hydroxylation is 1. The summed E-state index contributed by atoms with van der Waals surface area (Å²) in [5.74, 6) is 1.99. The van der Waals surface area contributed by atoms with Gasteiger partial charge in [-0.2, -0.15) is 0 Å². The third-order valence-corrected chi connectivity index (χ3v) is 1.62. The number of aromatic nitrogens is 1. The Hall–Kier alpha value is -1.82. The van der Waals surface area contributed by atoms with Gasteiger partial charge in [0, 0.05) is 11.8 Å². The summed E-state index contributed by atoms with van der Waals surface area (Å²) in [5, 5.41) is 0. The van der Waals surface area contributed by atoms with Crippen molar-refractivity contribution in [1.29, 1.82) is 0 Å². The van der Waals surface area contributed by atoms with Crippen LogP contribution < -0.4 is 0 Å². The summed E-state index contributed by atoms with van der Waals surface area (Å²) in [6, 6.07) is 1.72. The van der Waals surface area contributed by atoms with Crippen LogP contribution in [0.3, 0.4) is 0 Å². The predicted molar refractivity (Wildman–Crippen MR) is 48.2 cm³/mol. The second-order valence-electron chi connectivity index (χ2n) is 2.53. The zero-order valence-electron chi connectivity index (χ0n) is 7.50. The van der Waals surface area contributed by atoms with Crippen molar-refractivity contribution in [2.45, 2.75) is 6.92 Å². The predicted octanol–water partition coefficient (Wildman–Crippen LogP) is 1.16. The fraction of sp³-hybridized carbons (Fsp3) is 0.200. The second kappa shape index (κ2) is 3.72. The van der Waals surface area contributed by atoms with E-state index in [2.05, 4.69) is 15.6 Å². The van der Waals surface area contributed by atoms with E-state index in [0.29, 0.717) is 11.3 Å². The largest absolute Gasteiger partial charge is 0.464 e. The molecule has 0 aromatic carbocycles. The first-order chi connectivity index (χ1) is 6.19. The smallest absolute Gasteiger partial charge is 0.356 e. The molecule has 0 aliphatic carbocycles. The van der Waals surface area contributed by atoms with Gasteiger partial charge >= 0.3 is 5.97 Å². The lowest BCUT2D eigenvalue weighted by molar-refractivity contribution is 0.0593. The molecule has 0 radical (unpaired) electrons. The number of carbonyl (C=O) groups excluding carboxylic acids is 1. The molecule has 0 amide bonds. The Morgan fingerprint density at radius 3 is 2.85 bits per heavy atom. The van der Waals surface area contributed by atoms with Crippen molar-refractivity contribution in [3.05, 3.63) is 29.1 Å². The molecule has 0 saturated carbocycles. The summed E-state index contributed by atoms with van der Waals surface area (Å²) in [4.78, 5) is 15.0. The van der Waals surface area contributed by atoms with Crippen molar-refractivity contribution in [3.63, 3.8) is 0 Å². The summed E-state index contributed by atoms with van der Waals surface area (Å²) in [6.07, 6.45) is 6.64. The Labute approximate surface area is 76.8 Å². The third-order valence-electron chi connectivity index (χ3n) is 1.62. The maximum atomic E-state index is 11.1. The quantitative estimate of drug-likeness (QED) is 0.475. The van der Waals surface area contributed by atoms with E-state index < -0.39 is 5.97 Å². The lowest BCUT2D eigenvalue weighted by Crippen LogP contribution is -2.06. The van der Waals surface area contributed by atoms with Gasteiger partial charge < -0.3 is 4.74 Å². The summed E-state index contributed by atoms with van der Waals surface area (Å²) in [6.45, 7) is 1.76. The van der Waals surface area contributed by atoms with E-state index in [0.717, 1.165) is 5.56 Å². The summed E-state index contributed by atoms with van der Waals surface area (Å²) in [7, 11) is 1.32. The Morgan fingerprint density at radius 1 is 1.69 bits per heavy atom. The van der Waals surface area contributed by atoms with Crippen LogP contribution in [0.15, 0.2) is 12.3 Å². The summed E-state index contributed by atoms with van der Waals surface area (Å²) in [5.41, 5.74) is 1.69. The van der Waals surface area contributed by atoms with E-state index in [1.54, 1.807) is 13.0 Å². The minimum absolute atomic E-state index is 0.307. The van der Waals surface area contributed by atoms with Crippen LogP contribution in [0.2, 0.25) is 0 Å². The highest BCUT2D eigenvalue weighted by atomic mass is 16.5. The van der Waals surface area contributed by atoms with E-state index in [1.807, 2.05) is 0 Å².